The minimum Gasteiger partial charge on any atom is -0.381 e. The van der Waals surface area contributed by atoms with E-state index in [9.17, 15) is 18.0 Å². The van der Waals surface area contributed by atoms with E-state index in [1.165, 1.54) is 34.2 Å². The van der Waals surface area contributed by atoms with E-state index in [1.807, 2.05) is 0 Å². The van der Waals surface area contributed by atoms with Crippen molar-refractivity contribution in [3.63, 3.8) is 0 Å². The molecular weight excluding hydrogens is 460 g/mol. The maximum absolute atomic E-state index is 13.3. The number of aromatic nitrogens is 2. The minimum absolute atomic E-state index is 0.0534. The number of carbonyl (C=O) groups excluding carboxylic acids is 1. The van der Waals surface area contributed by atoms with Crippen LogP contribution in [0.4, 0.5) is 0 Å². The number of carbonyl (C=O) groups is 1. The number of aryl methyl sites for hydroxylation is 1. The van der Waals surface area contributed by atoms with E-state index in [1.54, 1.807) is 6.92 Å². The van der Waals surface area contributed by atoms with Gasteiger partial charge in [0.25, 0.3) is 5.56 Å². The second kappa shape index (κ2) is 9.13. The molecule has 1 atom stereocenters. The van der Waals surface area contributed by atoms with Gasteiger partial charge in [-0.15, -0.1) is 11.3 Å². The molecule has 7 nitrogen and oxygen atoms in total. The number of sulfone groups is 1. The van der Waals surface area contributed by atoms with E-state index in [2.05, 4.69) is 4.98 Å². The Bertz CT molecular complexity index is 1130. The predicted octanol–water partition coefficient (Wildman–Crippen LogP) is 3.37. The molecule has 1 saturated carbocycles. The van der Waals surface area contributed by atoms with Gasteiger partial charge < -0.3 is 9.30 Å². The van der Waals surface area contributed by atoms with Crippen molar-refractivity contribution in [2.75, 3.05) is 13.2 Å². The highest BCUT2D eigenvalue weighted by molar-refractivity contribution is 7.92. The molecule has 0 N–H and O–H groups in total. The maximum atomic E-state index is 13.3. The van der Waals surface area contributed by atoms with Crippen molar-refractivity contribution in [1.29, 1.82) is 0 Å². The molecule has 1 unspecified atom stereocenters. The molecule has 3 heterocycles. The predicted molar refractivity (Wildman–Crippen MR) is 119 cm³/mol. The first kappa shape index (κ1) is 22.6. The molecule has 0 spiro atoms. The van der Waals surface area contributed by atoms with Gasteiger partial charge in [-0.1, -0.05) is 11.6 Å². The second-order valence-corrected chi connectivity index (χ2v) is 12.3. The summed E-state index contributed by atoms with van der Waals surface area (Å²) in [6.45, 7) is 2.97. The van der Waals surface area contributed by atoms with Crippen molar-refractivity contribution >= 4 is 38.6 Å². The third-order valence-electron chi connectivity index (χ3n) is 5.96. The topological polar surface area (TPSA) is 95.3 Å². The molecular formula is C21H25ClN2O5S2. The fraction of sp³-hybridized carbons (Fsp3) is 0.571. The van der Waals surface area contributed by atoms with Crippen LogP contribution >= 0.6 is 22.9 Å². The van der Waals surface area contributed by atoms with Gasteiger partial charge in [-0.2, -0.15) is 0 Å². The molecule has 2 aromatic rings. The number of ketones is 1. The highest BCUT2D eigenvalue weighted by Crippen LogP contribution is 2.34. The fourth-order valence-corrected chi connectivity index (χ4v) is 6.84. The van der Waals surface area contributed by atoms with E-state index in [0.29, 0.717) is 47.5 Å². The zero-order valence-corrected chi connectivity index (χ0v) is 19.6. The number of thiazole rings is 1. The molecule has 0 aromatic carbocycles. The van der Waals surface area contributed by atoms with Crippen molar-refractivity contribution < 1.29 is 17.9 Å². The fourth-order valence-electron chi connectivity index (χ4n) is 4.13. The zero-order valence-electron chi connectivity index (χ0n) is 17.3. The van der Waals surface area contributed by atoms with Crippen LogP contribution in [0.5, 0.6) is 0 Å². The molecule has 10 heteroatoms. The number of rotatable bonds is 8. The van der Waals surface area contributed by atoms with E-state index in [0.717, 1.165) is 12.8 Å². The van der Waals surface area contributed by atoms with Crippen LogP contribution in [0.25, 0.3) is 0 Å². The van der Waals surface area contributed by atoms with Gasteiger partial charge in [-0.25, -0.2) is 13.4 Å². The van der Waals surface area contributed by atoms with E-state index in [-0.39, 0.29) is 23.0 Å². The lowest BCUT2D eigenvalue weighted by atomic mass is 9.89. The molecule has 31 heavy (non-hydrogen) atoms. The molecule has 168 valence electrons. The molecule has 2 aromatic heterocycles. The number of nitrogens with zero attached hydrogens (tertiary/aromatic N) is 2. The lowest BCUT2D eigenvalue weighted by molar-refractivity contribution is -0.122. The molecule has 4 rings (SSSR count). The summed E-state index contributed by atoms with van der Waals surface area (Å²) in [5, 5.41) is 0.210. The molecule has 1 saturated heterocycles. The van der Waals surface area contributed by atoms with Gasteiger partial charge in [0.15, 0.2) is 15.6 Å². The monoisotopic (exact) mass is 484 g/mol. The molecule has 2 aliphatic rings. The molecule has 0 radical (unpaired) electrons. The van der Waals surface area contributed by atoms with Crippen LogP contribution in [0.3, 0.4) is 0 Å². The van der Waals surface area contributed by atoms with Gasteiger partial charge in [0.05, 0.1) is 28.8 Å². The molecule has 0 bridgehead atoms. The highest BCUT2D eigenvalue weighted by atomic mass is 35.5. The van der Waals surface area contributed by atoms with Crippen LogP contribution in [0.15, 0.2) is 28.0 Å². The van der Waals surface area contributed by atoms with Crippen molar-refractivity contribution in [1.82, 2.24) is 9.55 Å². The highest BCUT2D eigenvalue weighted by Gasteiger charge is 2.38. The maximum Gasteiger partial charge on any atom is 0.252 e. The summed E-state index contributed by atoms with van der Waals surface area (Å²) in [5.41, 5.74) is 0.0242. The normalized spacial score (nSPS) is 18.8. The largest absolute Gasteiger partial charge is 0.381 e. The average Bonchev–Trinajstić information content (AvgIpc) is 3.51. The quantitative estimate of drug-likeness (QED) is 0.570. The summed E-state index contributed by atoms with van der Waals surface area (Å²) in [6, 6.07) is 2.01. The van der Waals surface area contributed by atoms with Crippen LogP contribution in [0.1, 0.15) is 48.8 Å². The first-order chi connectivity index (χ1) is 14.8. The van der Waals surface area contributed by atoms with Crippen LogP contribution in [-0.2, 0) is 25.8 Å². The number of pyridine rings is 1. The Morgan fingerprint density at radius 1 is 1.29 bits per heavy atom. The van der Waals surface area contributed by atoms with Crippen LogP contribution in [0, 0.1) is 12.8 Å². The van der Waals surface area contributed by atoms with Crippen molar-refractivity contribution in [3.05, 3.63) is 43.7 Å². The number of ether oxygens (including phenoxy) is 1. The molecule has 1 aliphatic heterocycles. The third-order valence-corrected chi connectivity index (χ3v) is 9.31. The zero-order chi connectivity index (χ0) is 22.2. The Morgan fingerprint density at radius 2 is 2.00 bits per heavy atom. The van der Waals surface area contributed by atoms with Crippen LogP contribution in [-0.4, -0.2) is 42.2 Å². The van der Waals surface area contributed by atoms with Gasteiger partial charge in [0.1, 0.15) is 9.34 Å². The first-order valence-corrected chi connectivity index (χ1v) is 13.2. The smallest absolute Gasteiger partial charge is 0.252 e. The number of hydrogen-bond donors (Lipinski definition) is 0. The van der Waals surface area contributed by atoms with E-state index < -0.39 is 26.7 Å². The molecule has 1 aliphatic carbocycles. The Balaban J connectivity index is 1.68. The molecule has 2 fully saturated rings. The van der Waals surface area contributed by atoms with Gasteiger partial charge in [-0.3, -0.25) is 9.59 Å². The van der Waals surface area contributed by atoms with Gasteiger partial charge in [0, 0.05) is 25.0 Å². The lowest BCUT2D eigenvalue weighted by Crippen LogP contribution is -2.35. The standard InChI is InChI=1S/C21H25ClN2O5S2/c1-13-8-16(31(27,28)15-2-3-15)10-21(26)24(13)17(9-14-4-6-29-7-5-14)18(25)11-20-23-12-19(22)30-20/h8,10,12,14-15,17H,2-7,9,11H2,1H3. The van der Waals surface area contributed by atoms with Gasteiger partial charge in [-0.05, 0) is 51.0 Å². The van der Waals surface area contributed by atoms with Crippen LogP contribution < -0.4 is 5.56 Å². The Labute approximate surface area is 190 Å². The summed E-state index contributed by atoms with van der Waals surface area (Å²) in [7, 11) is -3.48. The number of hydrogen-bond acceptors (Lipinski definition) is 7. The lowest BCUT2D eigenvalue weighted by Gasteiger charge is -2.28. The van der Waals surface area contributed by atoms with Crippen LogP contribution in [0.2, 0.25) is 4.34 Å². The first-order valence-electron chi connectivity index (χ1n) is 10.4. The summed E-state index contributed by atoms with van der Waals surface area (Å²) in [4.78, 5) is 30.6. The summed E-state index contributed by atoms with van der Waals surface area (Å²) in [6.07, 6.45) is 5.02. The SMILES string of the molecule is Cc1cc(S(=O)(=O)C2CC2)cc(=O)n1C(CC1CCOCC1)C(=O)Cc1ncc(Cl)s1. The van der Waals surface area contributed by atoms with E-state index in [4.69, 9.17) is 16.3 Å². The Kier molecular flexibility index (Phi) is 6.67. The minimum atomic E-state index is -3.48. The second-order valence-electron chi connectivity index (χ2n) is 8.29. The summed E-state index contributed by atoms with van der Waals surface area (Å²) >= 11 is 7.20. The van der Waals surface area contributed by atoms with Crippen molar-refractivity contribution in [3.8, 4) is 0 Å². The van der Waals surface area contributed by atoms with E-state index >= 15 is 0 Å². The molecule has 0 amide bonds. The van der Waals surface area contributed by atoms with Crippen molar-refractivity contribution in [2.24, 2.45) is 5.92 Å². The Morgan fingerprint density at radius 3 is 2.58 bits per heavy atom. The van der Waals surface area contributed by atoms with Crippen molar-refractivity contribution in [2.45, 2.75) is 61.6 Å². The number of Topliss-reactive ketones (excluding diaryl/α,β-unsaturated/α-hetero) is 1. The van der Waals surface area contributed by atoms with Gasteiger partial charge >= 0.3 is 0 Å². The summed E-state index contributed by atoms with van der Waals surface area (Å²) < 4.78 is 32.6. The number of halogens is 1. The van der Waals surface area contributed by atoms with Gasteiger partial charge in [0.2, 0.25) is 0 Å². The average molecular weight is 485 g/mol. The summed E-state index contributed by atoms with van der Waals surface area (Å²) in [5.74, 6) is 0.129. The Hall–Kier alpha value is -1.55. The third kappa shape index (κ3) is 5.10.